The van der Waals surface area contributed by atoms with E-state index in [1.165, 1.54) is 0 Å². The van der Waals surface area contributed by atoms with Gasteiger partial charge in [0.25, 0.3) is 0 Å². The van der Waals surface area contributed by atoms with Crippen molar-refractivity contribution in [2.24, 2.45) is 0 Å². The maximum absolute atomic E-state index is 10.2. The molecule has 0 aliphatic heterocycles. The van der Waals surface area contributed by atoms with Crippen LogP contribution in [0.2, 0.25) is 0 Å². The van der Waals surface area contributed by atoms with Gasteiger partial charge in [-0.3, -0.25) is 4.79 Å². The summed E-state index contributed by atoms with van der Waals surface area (Å²) in [4.78, 5) is 10.2. The third kappa shape index (κ3) is 20.1. The van der Waals surface area contributed by atoms with Crippen LogP contribution in [0.15, 0.2) is 30.3 Å². The Balaban J connectivity index is 0. The number of carbonyl (C=O) groups is 1. The SMILES string of the molecule is F[B-](F)(F)F.N#[NH+].O=C(O)Cc1ccccc1. The topological polar surface area (TPSA) is 84.9 Å². The molecule has 0 spiro atoms. The molecule has 1 rings (SSSR count). The van der Waals surface area contributed by atoms with E-state index in [0.717, 1.165) is 5.56 Å². The molecule has 17 heavy (non-hydrogen) atoms. The molecule has 4 nitrogen and oxygen atoms in total. The number of benzene rings is 1. The second-order valence-corrected chi connectivity index (χ2v) is 2.55. The molecule has 0 atom stereocenters. The molecule has 0 aliphatic carbocycles. The van der Waals surface area contributed by atoms with Crippen molar-refractivity contribution >= 4 is 13.2 Å². The van der Waals surface area contributed by atoms with Crippen LogP contribution in [0, 0.1) is 5.39 Å². The molecule has 0 saturated heterocycles. The lowest BCUT2D eigenvalue weighted by molar-refractivity contribution is -0.175. The zero-order chi connectivity index (χ0) is 13.9. The highest BCUT2D eigenvalue weighted by Crippen LogP contribution is 2.06. The number of diazo groups is 1. The van der Waals surface area contributed by atoms with Gasteiger partial charge in [-0.2, -0.15) is 0 Å². The van der Waals surface area contributed by atoms with Crippen molar-refractivity contribution in [3.63, 3.8) is 0 Å². The Hall–Kier alpha value is -2.11. The first-order valence-corrected chi connectivity index (χ1v) is 4.14. The zero-order valence-electron chi connectivity index (χ0n) is 8.49. The highest BCUT2D eigenvalue weighted by molar-refractivity contribution is 6.50. The highest BCUT2D eigenvalue weighted by Gasteiger charge is 2.20. The highest BCUT2D eigenvalue weighted by atomic mass is 19.5. The first-order chi connectivity index (χ1) is 7.79. The van der Waals surface area contributed by atoms with Crippen LogP contribution in [-0.2, 0) is 11.2 Å². The van der Waals surface area contributed by atoms with Crippen LogP contribution in [-0.4, -0.2) is 18.3 Å². The summed E-state index contributed by atoms with van der Waals surface area (Å²) in [5.74, 6) is -0.786. The molecule has 1 aromatic carbocycles. The predicted octanol–water partition coefficient (Wildman–Crippen LogP) is 0.893. The molecular formula is C8H9BF4N2O2. The molecule has 1 aromatic rings. The predicted molar refractivity (Wildman–Crippen MR) is 50.7 cm³/mol. The number of carboxylic acid groups (broad SMARTS) is 1. The van der Waals surface area contributed by atoms with Crippen molar-refractivity contribution in [2.75, 3.05) is 0 Å². The minimum atomic E-state index is -6.00. The van der Waals surface area contributed by atoms with E-state index in [2.05, 4.69) is 0 Å². The fourth-order valence-corrected chi connectivity index (χ4v) is 0.770. The largest absolute Gasteiger partial charge is 0.673 e. The van der Waals surface area contributed by atoms with E-state index in [-0.39, 0.29) is 6.42 Å². The fraction of sp³-hybridized carbons (Fsp3) is 0.125. The van der Waals surface area contributed by atoms with Gasteiger partial charge >= 0.3 is 13.2 Å². The average molecular weight is 252 g/mol. The molecule has 0 unspecified atom stereocenters. The van der Waals surface area contributed by atoms with Crippen LogP contribution < -0.4 is 5.39 Å². The number of carboxylic acids is 1. The van der Waals surface area contributed by atoms with Crippen molar-refractivity contribution in [2.45, 2.75) is 6.42 Å². The Morgan fingerprint density at radius 1 is 1.18 bits per heavy atom. The van der Waals surface area contributed by atoms with Crippen LogP contribution in [0.25, 0.3) is 0 Å². The van der Waals surface area contributed by atoms with Gasteiger partial charge in [-0.1, -0.05) is 30.3 Å². The monoisotopic (exact) mass is 252 g/mol. The van der Waals surface area contributed by atoms with E-state index in [0.29, 0.717) is 0 Å². The van der Waals surface area contributed by atoms with Crippen molar-refractivity contribution in [3.8, 4) is 0 Å². The van der Waals surface area contributed by atoms with Gasteiger partial charge in [0.15, 0.2) is 0 Å². The number of hydrogen-bond donors (Lipinski definition) is 2. The standard InChI is InChI=1S/C8H8O2.BF4.N2/c9-8(10)6-7-4-2-1-3-5-7;2-1(3,4)5;1-2/h1-5H,6H2,(H,9,10);;/q;-1;/p+1. The molecule has 0 aromatic heterocycles. The summed E-state index contributed by atoms with van der Waals surface area (Å²) in [5, 5.41) is 19.4. The van der Waals surface area contributed by atoms with Crippen molar-refractivity contribution < 1.29 is 32.6 Å². The summed E-state index contributed by atoms with van der Waals surface area (Å²) < 4.78 is 39.0. The van der Waals surface area contributed by atoms with Gasteiger partial charge in [0.2, 0.25) is 5.39 Å². The summed E-state index contributed by atoms with van der Waals surface area (Å²) in [7, 11) is -6.00. The lowest BCUT2D eigenvalue weighted by atomic mass is 10.2. The quantitative estimate of drug-likeness (QED) is 0.465. The third-order valence-corrected chi connectivity index (χ3v) is 1.20. The number of aliphatic carboxylic acids is 1. The normalized spacial score (nSPS) is 9.06. The average Bonchev–Trinajstić information content (AvgIpc) is 2.19. The van der Waals surface area contributed by atoms with E-state index in [9.17, 15) is 22.1 Å². The Morgan fingerprint density at radius 3 is 1.82 bits per heavy atom. The minimum Gasteiger partial charge on any atom is -0.481 e. The Bertz CT molecular complexity index is 336. The zero-order valence-corrected chi connectivity index (χ0v) is 8.49. The summed E-state index contributed by atoms with van der Waals surface area (Å²) in [6.45, 7) is 0. The Kier molecular flexibility index (Phi) is 9.30. The van der Waals surface area contributed by atoms with E-state index in [1.807, 2.05) is 18.2 Å². The van der Waals surface area contributed by atoms with Crippen LogP contribution >= 0.6 is 0 Å². The molecule has 0 radical (unpaired) electrons. The van der Waals surface area contributed by atoms with Crippen molar-refractivity contribution in [1.29, 1.82) is 5.39 Å². The summed E-state index contributed by atoms with van der Waals surface area (Å²) in [5.41, 5.74) is 0.843. The minimum absolute atomic E-state index is 0.112. The van der Waals surface area contributed by atoms with E-state index >= 15 is 0 Å². The van der Waals surface area contributed by atoms with Gasteiger partial charge in [0, 0.05) is 0 Å². The molecule has 0 heterocycles. The molecule has 9 heteroatoms. The van der Waals surface area contributed by atoms with Crippen LogP contribution in [0.3, 0.4) is 0 Å². The molecule has 0 aliphatic rings. The summed E-state index contributed by atoms with van der Waals surface area (Å²) >= 11 is 0. The summed E-state index contributed by atoms with van der Waals surface area (Å²) in [6, 6.07) is 9.13. The molecule has 94 valence electrons. The maximum atomic E-state index is 10.2. The molecule has 0 fully saturated rings. The first-order valence-electron chi connectivity index (χ1n) is 4.14. The van der Waals surface area contributed by atoms with Crippen molar-refractivity contribution in [1.82, 2.24) is 0 Å². The number of hydrogen-bond acceptors (Lipinski definition) is 2. The molecule has 0 saturated carbocycles. The second-order valence-electron chi connectivity index (χ2n) is 2.55. The van der Waals surface area contributed by atoms with Gasteiger partial charge in [-0.25, -0.2) is 0 Å². The van der Waals surface area contributed by atoms with Gasteiger partial charge in [-0.05, 0) is 5.56 Å². The maximum Gasteiger partial charge on any atom is 0.673 e. The summed E-state index contributed by atoms with van der Waals surface area (Å²) in [6.07, 6.45) is 0.112. The molecule has 0 bridgehead atoms. The van der Waals surface area contributed by atoms with Crippen LogP contribution in [0.1, 0.15) is 5.56 Å². The van der Waals surface area contributed by atoms with E-state index in [4.69, 9.17) is 15.9 Å². The van der Waals surface area contributed by atoms with E-state index < -0.39 is 13.2 Å². The number of nitrogens with one attached hydrogen (secondary N) is 1. The third-order valence-electron chi connectivity index (χ3n) is 1.20. The van der Waals surface area contributed by atoms with Gasteiger partial charge in [-0.15, -0.1) is 0 Å². The second kappa shape index (κ2) is 9.14. The first kappa shape index (κ1) is 17.3. The molecule has 2 N–H and O–H groups in total. The lowest BCUT2D eigenvalue weighted by Crippen LogP contribution is -2.11. The number of nitrogens with zero attached hydrogens (tertiary/aromatic N) is 1. The molecule has 0 amide bonds. The van der Waals surface area contributed by atoms with Crippen LogP contribution in [0.4, 0.5) is 17.3 Å². The Morgan fingerprint density at radius 2 is 1.53 bits per heavy atom. The smallest absolute Gasteiger partial charge is 0.481 e. The number of rotatable bonds is 2. The van der Waals surface area contributed by atoms with Gasteiger partial charge in [0.05, 0.1) is 11.8 Å². The number of halogens is 4. The lowest BCUT2D eigenvalue weighted by Gasteiger charge is -1.94. The molecular weight excluding hydrogens is 243 g/mol. The van der Waals surface area contributed by atoms with Crippen molar-refractivity contribution in [3.05, 3.63) is 35.9 Å². The van der Waals surface area contributed by atoms with E-state index in [1.54, 1.807) is 12.1 Å². The Labute approximate surface area is 94.4 Å². The van der Waals surface area contributed by atoms with Crippen LogP contribution in [0.5, 0.6) is 0 Å². The van der Waals surface area contributed by atoms with Gasteiger partial charge < -0.3 is 22.4 Å². The van der Waals surface area contributed by atoms with Gasteiger partial charge in [0.1, 0.15) is 0 Å². The fourth-order valence-electron chi connectivity index (χ4n) is 0.770.